The van der Waals surface area contributed by atoms with E-state index in [1.54, 1.807) is 0 Å². The molecule has 2 aliphatic heterocycles. The van der Waals surface area contributed by atoms with E-state index in [0.717, 1.165) is 19.0 Å². The van der Waals surface area contributed by atoms with Crippen LogP contribution in [-0.2, 0) is 6.42 Å². The highest BCUT2D eigenvalue weighted by molar-refractivity contribution is 5.15. The zero-order valence-corrected chi connectivity index (χ0v) is 13.1. The third-order valence-corrected chi connectivity index (χ3v) is 4.99. The Morgan fingerprint density at radius 1 is 1.05 bits per heavy atom. The second-order valence-electron chi connectivity index (χ2n) is 6.75. The molecule has 3 rings (SSSR count). The van der Waals surface area contributed by atoms with Crippen LogP contribution in [0.15, 0.2) is 30.3 Å². The Morgan fingerprint density at radius 3 is 2.57 bits per heavy atom. The number of hydrogen-bond donors (Lipinski definition) is 1. The molecule has 0 radical (unpaired) electrons. The van der Waals surface area contributed by atoms with Gasteiger partial charge in [-0.1, -0.05) is 36.8 Å². The van der Waals surface area contributed by atoms with Gasteiger partial charge in [-0.3, -0.25) is 4.90 Å². The minimum absolute atomic E-state index is 0.257. The molecule has 0 spiro atoms. The predicted molar refractivity (Wildman–Crippen MR) is 88.4 cm³/mol. The Labute approximate surface area is 129 Å². The van der Waals surface area contributed by atoms with Gasteiger partial charge < -0.3 is 10.6 Å². The fourth-order valence-corrected chi connectivity index (χ4v) is 3.87. The number of hydrogen-bond acceptors (Lipinski definition) is 3. The third kappa shape index (κ3) is 4.29. The Bertz CT molecular complexity index is 414. The van der Waals surface area contributed by atoms with E-state index in [0.29, 0.717) is 0 Å². The zero-order valence-electron chi connectivity index (χ0n) is 13.1. The molecular formula is C18H29N3. The van der Waals surface area contributed by atoms with E-state index in [1.807, 2.05) is 0 Å². The molecule has 0 aliphatic carbocycles. The van der Waals surface area contributed by atoms with Crippen molar-refractivity contribution in [2.75, 3.05) is 32.7 Å². The van der Waals surface area contributed by atoms with E-state index in [2.05, 4.69) is 40.1 Å². The second-order valence-corrected chi connectivity index (χ2v) is 6.75. The van der Waals surface area contributed by atoms with Gasteiger partial charge in [0.15, 0.2) is 0 Å². The summed E-state index contributed by atoms with van der Waals surface area (Å²) < 4.78 is 0. The van der Waals surface area contributed by atoms with Gasteiger partial charge in [0.05, 0.1) is 0 Å². The van der Waals surface area contributed by atoms with Crippen LogP contribution in [0, 0.1) is 0 Å². The highest BCUT2D eigenvalue weighted by Crippen LogP contribution is 2.20. The predicted octanol–water partition coefficient (Wildman–Crippen LogP) is 2.12. The van der Waals surface area contributed by atoms with Gasteiger partial charge in [-0.25, -0.2) is 0 Å². The summed E-state index contributed by atoms with van der Waals surface area (Å²) in [5.41, 5.74) is 7.71. The lowest BCUT2D eigenvalue weighted by Crippen LogP contribution is -2.43. The van der Waals surface area contributed by atoms with Crippen LogP contribution >= 0.6 is 0 Å². The first-order chi connectivity index (χ1) is 10.3. The second kappa shape index (κ2) is 7.39. The molecule has 3 nitrogen and oxygen atoms in total. The van der Waals surface area contributed by atoms with Crippen LogP contribution in [0.3, 0.4) is 0 Å². The summed E-state index contributed by atoms with van der Waals surface area (Å²) in [7, 11) is 0. The number of nitrogens with zero attached hydrogens (tertiary/aromatic N) is 2. The minimum Gasteiger partial charge on any atom is -0.326 e. The molecule has 2 atom stereocenters. The van der Waals surface area contributed by atoms with E-state index in [9.17, 15) is 0 Å². The Kier molecular flexibility index (Phi) is 5.28. The molecule has 1 aromatic rings. The molecule has 2 saturated heterocycles. The third-order valence-electron chi connectivity index (χ3n) is 4.99. The standard InChI is InChI=1S/C18H29N3/c19-17(13-16-7-3-1-4-8-16)14-20-12-9-18(15-20)21-10-5-2-6-11-21/h1,3-4,7-8,17-18H,2,5-6,9-15,19H2. The number of rotatable bonds is 5. The molecule has 0 amide bonds. The van der Waals surface area contributed by atoms with Crippen molar-refractivity contribution in [3.63, 3.8) is 0 Å². The average molecular weight is 287 g/mol. The SMILES string of the molecule is NC(Cc1ccccc1)CN1CCC(N2CCCCC2)C1. The molecule has 2 aliphatic rings. The van der Waals surface area contributed by atoms with Crippen LogP contribution in [0.1, 0.15) is 31.2 Å². The van der Waals surface area contributed by atoms with Crippen LogP contribution in [0.2, 0.25) is 0 Å². The van der Waals surface area contributed by atoms with E-state index in [1.165, 1.54) is 57.4 Å². The highest BCUT2D eigenvalue weighted by Gasteiger charge is 2.28. The van der Waals surface area contributed by atoms with Crippen LogP contribution in [0.5, 0.6) is 0 Å². The molecule has 2 N–H and O–H groups in total. The van der Waals surface area contributed by atoms with E-state index < -0.39 is 0 Å². The van der Waals surface area contributed by atoms with Crippen LogP contribution < -0.4 is 5.73 Å². The van der Waals surface area contributed by atoms with Gasteiger partial charge in [-0.2, -0.15) is 0 Å². The molecule has 21 heavy (non-hydrogen) atoms. The molecule has 0 saturated carbocycles. The van der Waals surface area contributed by atoms with Crippen molar-refractivity contribution in [2.45, 2.75) is 44.2 Å². The molecule has 2 heterocycles. The van der Waals surface area contributed by atoms with Crippen molar-refractivity contribution in [1.29, 1.82) is 0 Å². The molecule has 2 unspecified atom stereocenters. The summed E-state index contributed by atoms with van der Waals surface area (Å²) in [5.74, 6) is 0. The van der Waals surface area contributed by atoms with E-state index in [4.69, 9.17) is 5.73 Å². The van der Waals surface area contributed by atoms with E-state index in [-0.39, 0.29) is 6.04 Å². The Morgan fingerprint density at radius 2 is 1.81 bits per heavy atom. The van der Waals surface area contributed by atoms with Crippen molar-refractivity contribution < 1.29 is 0 Å². The molecular weight excluding hydrogens is 258 g/mol. The van der Waals surface area contributed by atoms with Crippen molar-refractivity contribution in [3.8, 4) is 0 Å². The lowest BCUT2D eigenvalue weighted by molar-refractivity contribution is 0.161. The lowest BCUT2D eigenvalue weighted by Gasteiger charge is -2.32. The van der Waals surface area contributed by atoms with Gasteiger partial charge in [0.25, 0.3) is 0 Å². The fraction of sp³-hybridized carbons (Fsp3) is 0.667. The number of piperidine rings is 1. The smallest absolute Gasteiger partial charge is 0.0235 e. The summed E-state index contributed by atoms with van der Waals surface area (Å²) in [4.78, 5) is 5.29. The number of likely N-dealkylation sites (tertiary alicyclic amines) is 2. The molecule has 0 bridgehead atoms. The van der Waals surface area contributed by atoms with Crippen molar-refractivity contribution in [3.05, 3.63) is 35.9 Å². The maximum absolute atomic E-state index is 6.35. The first-order valence-electron chi connectivity index (χ1n) is 8.57. The zero-order chi connectivity index (χ0) is 14.5. The van der Waals surface area contributed by atoms with Gasteiger partial charge >= 0.3 is 0 Å². The maximum atomic E-state index is 6.35. The van der Waals surface area contributed by atoms with Gasteiger partial charge in [0, 0.05) is 25.2 Å². The normalized spacial score (nSPS) is 26.0. The molecule has 0 aromatic heterocycles. The molecule has 1 aromatic carbocycles. The van der Waals surface area contributed by atoms with E-state index >= 15 is 0 Å². The Balaban J connectivity index is 1.43. The highest BCUT2D eigenvalue weighted by atomic mass is 15.3. The summed E-state index contributed by atoms with van der Waals surface area (Å²) in [6.07, 6.45) is 6.53. The average Bonchev–Trinajstić information content (AvgIpc) is 2.97. The summed E-state index contributed by atoms with van der Waals surface area (Å²) in [6, 6.07) is 11.7. The monoisotopic (exact) mass is 287 g/mol. The summed E-state index contributed by atoms with van der Waals surface area (Å²) >= 11 is 0. The largest absolute Gasteiger partial charge is 0.326 e. The van der Waals surface area contributed by atoms with Crippen molar-refractivity contribution in [1.82, 2.24) is 9.80 Å². The Hall–Kier alpha value is -0.900. The van der Waals surface area contributed by atoms with Gasteiger partial charge in [-0.05, 0) is 50.9 Å². The maximum Gasteiger partial charge on any atom is 0.0235 e. The first kappa shape index (κ1) is 15.0. The number of nitrogens with two attached hydrogens (primary N) is 1. The molecule has 2 fully saturated rings. The topological polar surface area (TPSA) is 32.5 Å². The van der Waals surface area contributed by atoms with Gasteiger partial charge in [0.1, 0.15) is 0 Å². The quantitative estimate of drug-likeness (QED) is 0.900. The first-order valence-corrected chi connectivity index (χ1v) is 8.57. The summed E-state index contributed by atoms with van der Waals surface area (Å²) in [6.45, 7) is 6.12. The molecule has 116 valence electrons. The van der Waals surface area contributed by atoms with Crippen molar-refractivity contribution >= 4 is 0 Å². The molecule has 3 heteroatoms. The number of benzene rings is 1. The van der Waals surface area contributed by atoms with Crippen LogP contribution in [0.4, 0.5) is 0 Å². The van der Waals surface area contributed by atoms with Gasteiger partial charge in [-0.15, -0.1) is 0 Å². The van der Waals surface area contributed by atoms with Crippen molar-refractivity contribution in [2.24, 2.45) is 5.73 Å². The van der Waals surface area contributed by atoms with Gasteiger partial charge in [0.2, 0.25) is 0 Å². The van der Waals surface area contributed by atoms with Crippen LogP contribution in [-0.4, -0.2) is 54.6 Å². The fourth-order valence-electron chi connectivity index (χ4n) is 3.87. The lowest BCUT2D eigenvalue weighted by atomic mass is 10.1. The van der Waals surface area contributed by atoms with Crippen LogP contribution in [0.25, 0.3) is 0 Å². The summed E-state index contributed by atoms with van der Waals surface area (Å²) in [5, 5.41) is 0. The minimum atomic E-state index is 0.257.